The van der Waals surface area contributed by atoms with Gasteiger partial charge >= 0.3 is 0 Å². The Morgan fingerprint density at radius 1 is 1.24 bits per heavy atom. The number of nitrogens with zero attached hydrogens (tertiary/aromatic N) is 2. The fourth-order valence-corrected chi connectivity index (χ4v) is 3.23. The molecule has 0 bridgehead atoms. The molecular weight excluding hydrogens is 280 g/mol. The van der Waals surface area contributed by atoms with Crippen molar-refractivity contribution < 1.29 is 4.74 Å². The lowest BCUT2D eigenvalue weighted by molar-refractivity contribution is 0.321. The van der Waals surface area contributed by atoms with Crippen LogP contribution in [0, 0.1) is 25.2 Å². The predicted octanol–water partition coefficient (Wildman–Crippen LogP) is 4.38. The Hall–Kier alpha value is -1.86. The standard InChI is InChI=1S/C17H20N2OS/c1-11(2)17-15(10-18)21-16(19-17)5-6-20-14-8-12(3)7-13(4)9-14/h7-9,11H,5-6H2,1-4H3. The van der Waals surface area contributed by atoms with E-state index in [1.165, 1.54) is 22.5 Å². The van der Waals surface area contributed by atoms with Crippen LogP contribution in [0.15, 0.2) is 18.2 Å². The number of benzene rings is 1. The van der Waals surface area contributed by atoms with E-state index in [9.17, 15) is 0 Å². The lowest BCUT2D eigenvalue weighted by Gasteiger charge is -2.07. The Labute approximate surface area is 130 Å². The molecule has 0 N–H and O–H groups in total. The quantitative estimate of drug-likeness (QED) is 0.823. The van der Waals surface area contributed by atoms with E-state index in [0.717, 1.165) is 27.7 Å². The lowest BCUT2D eigenvalue weighted by Crippen LogP contribution is -2.02. The fraction of sp³-hybridized carbons (Fsp3) is 0.412. The van der Waals surface area contributed by atoms with Crippen molar-refractivity contribution in [1.29, 1.82) is 5.26 Å². The highest BCUT2D eigenvalue weighted by molar-refractivity contribution is 7.12. The summed E-state index contributed by atoms with van der Waals surface area (Å²) in [6.45, 7) is 8.83. The Morgan fingerprint density at radius 3 is 2.43 bits per heavy atom. The van der Waals surface area contributed by atoms with Crippen LogP contribution in [0.4, 0.5) is 0 Å². The predicted molar refractivity (Wildman–Crippen MR) is 86.0 cm³/mol. The fourth-order valence-electron chi connectivity index (χ4n) is 2.23. The normalized spacial score (nSPS) is 10.7. The van der Waals surface area contributed by atoms with Gasteiger partial charge in [0.15, 0.2) is 0 Å². The van der Waals surface area contributed by atoms with Crippen LogP contribution in [0.3, 0.4) is 0 Å². The third-order valence-electron chi connectivity index (χ3n) is 3.13. The zero-order valence-corrected chi connectivity index (χ0v) is 13.8. The molecule has 2 aromatic rings. The number of rotatable bonds is 5. The van der Waals surface area contributed by atoms with Gasteiger partial charge in [-0.3, -0.25) is 0 Å². The largest absolute Gasteiger partial charge is 0.493 e. The van der Waals surface area contributed by atoms with Gasteiger partial charge in [0.25, 0.3) is 0 Å². The minimum Gasteiger partial charge on any atom is -0.493 e. The molecule has 0 spiro atoms. The van der Waals surface area contributed by atoms with Crippen molar-refractivity contribution in [3.63, 3.8) is 0 Å². The maximum Gasteiger partial charge on any atom is 0.128 e. The molecule has 1 aromatic carbocycles. The molecule has 1 heterocycles. The van der Waals surface area contributed by atoms with Crippen LogP contribution in [0.5, 0.6) is 5.75 Å². The summed E-state index contributed by atoms with van der Waals surface area (Å²) >= 11 is 1.48. The first-order valence-corrected chi connectivity index (χ1v) is 7.92. The van der Waals surface area contributed by atoms with Crippen molar-refractivity contribution in [1.82, 2.24) is 4.98 Å². The number of thiazole rings is 1. The number of hydrogen-bond donors (Lipinski definition) is 0. The summed E-state index contributed by atoms with van der Waals surface area (Å²) in [7, 11) is 0. The zero-order chi connectivity index (χ0) is 15.4. The Morgan fingerprint density at radius 2 is 1.90 bits per heavy atom. The van der Waals surface area contributed by atoms with Crippen molar-refractivity contribution >= 4 is 11.3 Å². The van der Waals surface area contributed by atoms with Crippen LogP contribution in [-0.2, 0) is 6.42 Å². The summed E-state index contributed by atoms with van der Waals surface area (Å²) in [5.41, 5.74) is 3.31. The Bertz CT molecular complexity index is 648. The monoisotopic (exact) mass is 300 g/mol. The molecule has 0 aliphatic rings. The van der Waals surface area contributed by atoms with Crippen LogP contribution in [-0.4, -0.2) is 11.6 Å². The van der Waals surface area contributed by atoms with E-state index in [1.807, 2.05) is 12.1 Å². The van der Waals surface area contributed by atoms with E-state index in [4.69, 9.17) is 10.00 Å². The SMILES string of the molecule is Cc1cc(C)cc(OCCc2nc(C(C)C)c(C#N)s2)c1. The van der Waals surface area contributed by atoms with Gasteiger partial charge in [-0.05, 0) is 43.0 Å². The third-order valence-corrected chi connectivity index (χ3v) is 4.16. The summed E-state index contributed by atoms with van der Waals surface area (Å²) in [5, 5.41) is 10.1. The van der Waals surface area contributed by atoms with E-state index < -0.39 is 0 Å². The minimum absolute atomic E-state index is 0.282. The van der Waals surface area contributed by atoms with Crippen molar-refractivity contribution in [3.05, 3.63) is 44.9 Å². The highest BCUT2D eigenvalue weighted by Gasteiger charge is 2.13. The molecule has 0 atom stereocenters. The van der Waals surface area contributed by atoms with Crippen molar-refractivity contribution in [2.75, 3.05) is 6.61 Å². The molecule has 0 radical (unpaired) electrons. The number of ether oxygens (including phenoxy) is 1. The van der Waals surface area contributed by atoms with Crippen LogP contribution in [0.2, 0.25) is 0 Å². The van der Waals surface area contributed by atoms with E-state index in [-0.39, 0.29) is 5.92 Å². The first kappa shape index (κ1) is 15.5. The molecule has 0 amide bonds. The number of aryl methyl sites for hydroxylation is 2. The van der Waals surface area contributed by atoms with Gasteiger partial charge in [0.2, 0.25) is 0 Å². The molecule has 2 rings (SSSR count). The molecule has 0 aliphatic carbocycles. The molecule has 0 unspecified atom stereocenters. The van der Waals surface area contributed by atoms with Gasteiger partial charge in [-0.1, -0.05) is 19.9 Å². The average Bonchev–Trinajstić information content (AvgIpc) is 2.81. The van der Waals surface area contributed by atoms with Gasteiger partial charge < -0.3 is 4.74 Å². The smallest absolute Gasteiger partial charge is 0.128 e. The summed E-state index contributed by atoms with van der Waals surface area (Å²) in [6, 6.07) is 8.44. The van der Waals surface area contributed by atoms with Gasteiger partial charge in [0.1, 0.15) is 16.7 Å². The van der Waals surface area contributed by atoms with E-state index >= 15 is 0 Å². The van der Waals surface area contributed by atoms with Gasteiger partial charge in [-0.25, -0.2) is 4.98 Å². The third kappa shape index (κ3) is 4.05. The lowest BCUT2D eigenvalue weighted by atomic mass is 10.1. The average molecular weight is 300 g/mol. The second-order valence-electron chi connectivity index (χ2n) is 5.51. The molecular formula is C17H20N2OS. The molecule has 110 valence electrons. The molecule has 21 heavy (non-hydrogen) atoms. The first-order valence-electron chi connectivity index (χ1n) is 7.10. The number of hydrogen-bond acceptors (Lipinski definition) is 4. The second kappa shape index (κ2) is 6.73. The van der Waals surface area contributed by atoms with Crippen LogP contribution in [0.1, 0.15) is 46.5 Å². The Balaban J connectivity index is 1.99. The van der Waals surface area contributed by atoms with E-state index in [0.29, 0.717) is 6.61 Å². The van der Waals surface area contributed by atoms with E-state index in [1.54, 1.807) is 0 Å². The van der Waals surface area contributed by atoms with E-state index in [2.05, 4.69) is 44.8 Å². The number of nitriles is 1. The molecule has 0 aliphatic heterocycles. The highest BCUT2D eigenvalue weighted by atomic mass is 32.1. The topological polar surface area (TPSA) is 45.9 Å². The molecule has 0 saturated heterocycles. The van der Waals surface area contributed by atoms with Gasteiger partial charge in [-0.2, -0.15) is 5.26 Å². The maximum absolute atomic E-state index is 9.13. The summed E-state index contributed by atoms with van der Waals surface area (Å²) in [5.74, 6) is 1.18. The second-order valence-corrected chi connectivity index (χ2v) is 6.59. The van der Waals surface area contributed by atoms with Crippen LogP contribution < -0.4 is 4.74 Å². The minimum atomic E-state index is 0.282. The summed E-state index contributed by atoms with van der Waals surface area (Å²) in [4.78, 5) is 5.29. The molecule has 4 heteroatoms. The first-order chi connectivity index (χ1) is 9.99. The van der Waals surface area contributed by atoms with Gasteiger partial charge in [-0.15, -0.1) is 11.3 Å². The molecule has 1 aromatic heterocycles. The van der Waals surface area contributed by atoms with Gasteiger partial charge in [0, 0.05) is 6.42 Å². The highest BCUT2D eigenvalue weighted by Crippen LogP contribution is 2.25. The molecule has 0 saturated carbocycles. The summed E-state index contributed by atoms with van der Waals surface area (Å²) in [6.07, 6.45) is 0.735. The Kier molecular flexibility index (Phi) is 4.98. The summed E-state index contributed by atoms with van der Waals surface area (Å²) < 4.78 is 5.80. The van der Waals surface area contributed by atoms with Crippen molar-refractivity contribution in [2.45, 2.75) is 40.0 Å². The van der Waals surface area contributed by atoms with Crippen molar-refractivity contribution in [3.8, 4) is 11.8 Å². The van der Waals surface area contributed by atoms with Crippen LogP contribution in [0.25, 0.3) is 0 Å². The maximum atomic E-state index is 9.13. The van der Waals surface area contributed by atoms with Crippen LogP contribution >= 0.6 is 11.3 Å². The number of aromatic nitrogens is 1. The zero-order valence-electron chi connectivity index (χ0n) is 12.9. The molecule has 0 fully saturated rings. The molecule has 3 nitrogen and oxygen atoms in total. The van der Waals surface area contributed by atoms with Gasteiger partial charge in [0.05, 0.1) is 17.3 Å². The van der Waals surface area contributed by atoms with Crippen molar-refractivity contribution in [2.24, 2.45) is 0 Å².